The number of nitrogens with zero attached hydrogens (tertiary/aromatic N) is 2. The van der Waals surface area contributed by atoms with E-state index in [1.165, 1.54) is 0 Å². The van der Waals surface area contributed by atoms with Crippen LogP contribution in [0, 0.1) is 0 Å². The van der Waals surface area contributed by atoms with Crippen LogP contribution >= 0.6 is 0 Å². The second-order valence-electron chi connectivity index (χ2n) is 4.13. The molecule has 0 aromatic carbocycles. The highest BCUT2D eigenvalue weighted by atomic mass is 16.2. The third-order valence-electron chi connectivity index (χ3n) is 2.52. The molecule has 2 amide bonds. The third-order valence-corrected chi connectivity index (χ3v) is 2.52. The van der Waals surface area contributed by atoms with Gasteiger partial charge in [-0.15, -0.1) is 0 Å². The molecule has 1 fully saturated rings. The van der Waals surface area contributed by atoms with Crippen LogP contribution in [0.2, 0.25) is 0 Å². The fourth-order valence-electron chi connectivity index (χ4n) is 1.31. The van der Waals surface area contributed by atoms with Crippen LogP contribution in [-0.4, -0.2) is 28.6 Å². The molecule has 1 aromatic heterocycles. The van der Waals surface area contributed by atoms with Gasteiger partial charge in [0.15, 0.2) is 0 Å². The van der Waals surface area contributed by atoms with Crippen LogP contribution in [0.4, 0.5) is 0 Å². The molecule has 1 aromatic rings. The number of nitrogens with one attached hydrogen (secondary N) is 2. The molecular formula is C12H14N4O2. The van der Waals surface area contributed by atoms with E-state index in [1.807, 2.05) is 6.07 Å². The lowest BCUT2D eigenvalue weighted by atomic mass is 10.2. The smallest absolute Gasteiger partial charge is 0.329 e. The normalized spacial score (nSPS) is 15.1. The van der Waals surface area contributed by atoms with Gasteiger partial charge in [-0.1, -0.05) is 6.07 Å². The minimum Gasteiger partial charge on any atom is -0.345 e. The van der Waals surface area contributed by atoms with Gasteiger partial charge in [0.1, 0.15) is 0 Å². The van der Waals surface area contributed by atoms with Crippen molar-refractivity contribution in [3.05, 3.63) is 30.1 Å². The van der Waals surface area contributed by atoms with Gasteiger partial charge in [-0.3, -0.25) is 14.6 Å². The van der Waals surface area contributed by atoms with E-state index in [0.29, 0.717) is 5.71 Å². The van der Waals surface area contributed by atoms with Crippen LogP contribution in [-0.2, 0) is 9.59 Å². The maximum Gasteiger partial charge on any atom is 0.329 e. The predicted octanol–water partition coefficient (Wildman–Crippen LogP) is 0.200. The van der Waals surface area contributed by atoms with Crippen LogP contribution in [0.5, 0.6) is 0 Å². The Morgan fingerprint density at radius 1 is 1.39 bits per heavy atom. The van der Waals surface area contributed by atoms with Gasteiger partial charge in [-0.05, 0) is 25.8 Å². The van der Waals surface area contributed by atoms with Gasteiger partial charge < -0.3 is 5.32 Å². The SMILES string of the molecule is C/C(=N/NC(=O)C(=O)NC1CC1)c1cccnc1. The zero-order valence-corrected chi connectivity index (χ0v) is 10.0. The zero-order valence-electron chi connectivity index (χ0n) is 10.0. The summed E-state index contributed by atoms with van der Waals surface area (Å²) in [6.45, 7) is 1.73. The number of aromatic nitrogens is 1. The molecule has 0 atom stereocenters. The highest BCUT2D eigenvalue weighted by Crippen LogP contribution is 2.18. The van der Waals surface area contributed by atoms with Gasteiger partial charge in [0.25, 0.3) is 0 Å². The van der Waals surface area contributed by atoms with E-state index >= 15 is 0 Å². The van der Waals surface area contributed by atoms with E-state index in [0.717, 1.165) is 18.4 Å². The fourth-order valence-corrected chi connectivity index (χ4v) is 1.31. The van der Waals surface area contributed by atoms with Crippen LogP contribution in [0.15, 0.2) is 29.6 Å². The van der Waals surface area contributed by atoms with E-state index in [-0.39, 0.29) is 6.04 Å². The Morgan fingerprint density at radius 2 is 2.17 bits per heavy atom. The van der Waals surface area contributed by atoms with Crippen LogP contribution in [0.25, 0.3) is 0 Å². The Labute approximate surface area is 104 Å². The Balaban J connectivity index is 1.89. The van der Waals surface area contributed by atoms with Gasteiger partial charge in [-0.25, -0.2) is 5.43 Å². The lowest BCUT2D eigenvalue weighted by Gasteiger charge is -2.03. The molecule has 1 heterocycles. The fraction of sp³-hybridized carbons (Fsp3) is 0.333. The van der Waals surface area contributed by atoms with Crippen molar-refractivity contribution in [1.29, 1.82) is 0 Å². The summed E-state index contributed by atoms with van der Waals surface area (Å²) < 4.78 is 0. The van der Waals surface area contributed by atoms with Crippen molar-refractivity contribution in [3.63, 3.8) is 0 Å². The Morgan fingerprint density at radius 3 is 2.78 bits per heavy atom. The number of hydrogen-bond donors (Lipinski definition) is 2. The average molecular weight is 246 g/mol. The maximum atomic E-state index is 11.4. The minimum absolute atomic E-state index is 0.159. The van der Waals surface area contributed by atoms with Crippen molar-refractivity contribution in [2.24, 2.45) is 5.10 Å². The molecule has 94 valence electrons. The molecular weight excluding hydrogens is 232 g/mol. The minimum atomic E-state index is -0.745. The van der Waals surface area contributed by atoms with E-state index in [1.54, 1.807) is 25.4 Å². The van der Waals surface area contributed by atoms with Crippen LogP contribution in [0.3, 0.4) is 0 Å². The predicted molar refractivity (Wildman–Crippen MR) is 65.8 cm³/mol. The monoisotopic (exact) mass is 246 g/mol. The van der Waals surface area contributed by atoms with Crippen LogP contribution < -0.4 is 10.7 Å². The summed E-state index contributed by atoms with van der Waals surface area (Å²) in [7, 11) is 0. The lowest BCUT2D eigenvalue weighted by molar-refractivity contribution is -0.139. The first-order valence-electron chi connectivity index (χ1n) is 5.72. The Kier molecular flexibility index (Phi) is 3.66. The first-order chi connectivity index (χ1) is 8.66. The average Bonchev–Trinajstić information content (AvgIpc) is 3.20. The van der Waals surface area contributed by atoms with Crippen molar-refractivity contribution in [2.45, 2.75) is 25.8 Å². The molecule has 0 aliphatic heterocycles. The molecule has 18 heavy (non-hydrogen) atoms. The number of hydrogen-bond acceptors (Lipinski definition) is 4. The molecule has 0 radical (unpaired) electrons. The summed E-state index contributed by atoms with van der Waals surface area (Å²) in [6.07, 6.45) is 5.17. The van der Waals surface area contributed by atoms with Crippen molar-refractivity contribution in [2.75, 3.05) is 0 Å². The quantitative estimate of drug-likeness (QED) is 0.454. The summed E-state index contributed by atoms with van der Waals surface area (Å²) in [5, 5.41) is 6.44. The topological polar surface area (TPSA) is 83.5 Å². The number of hydrazone groups is 1. The van der Waals surface area contributed by atoms with Gasteiger partial charge in [0, 0.05) is 24.0 Å². The number of carbonyl (C=O) groups is 2. The number of carbonyl (C=O) groups excluding carboxylic acids is 2. The van der Waals surface area contributed by atoms with Crippen molar-refractivity contribution >= 4 is 17.5 Å². The standard InChI is InChI=1S/C12H14N4O2/c1-8(9-3-2-6-13-7-9)15-16-12(18)11(17)14-10-4-5-10/h2-3,6-7,10H,4-5H2,1H3,(H,14,17)(H,16,18)/b15-8-. The molecule has 0 spiro atoms. The summed E-state index contributed by atoms with van der Waals surface area (Å²) in [6, 6.07) is 3.75. The lowest BCUT2D eigenvalue weighted by Crippen LogP contribution is -2.39. The summed E-state index contributed by atoms with van der Waals surface area (Å²) in [5.74, 6) is -1.38. The first-order valence-corrected chi connectivity index (χ1v) is 5.72. The molecule has 2 rings (SSSR count). The van der Waals surface area contributed by atoms with E-state index in [4.69, 9.17) is 0 Å². The summed E-state index contributed by atoms with van der Waals surface area (Å²) in [5.41, 5.74) is 3.61. The van der Waals surface area contributed by atoms with Crippen molar-refractivity contribution in [3.8, 4) is 0 Å². The van der Waals surface area contributed by atoms with Gasteiger partial charge >= 0.3 is 11.8 Å². The van der Waals surface area contributed by atoms with E-state index in [9.17, 15) is 9.59 Å². The van der Waals surface area contributed by atoms with Crippen molar-refractivity contribution in [1.82, 2.24) is 15.7 Å². The maximum absolute atomic E-state index is 11.4. The number of amides is 2. The van der Waals surface area contributed by atoms with Gasteiger partial charge in [0.05, 0.1) is 5.71 Å². The third kappa shape index (κ3) is 3.38. The number of rotatable bonds is 3. The van der Waals surface area contributed by atoms with Crippen molar-refractivity contribution < 1.29 is 9.59 Å². The van der Waals surface area contributed by atoms with Gasteiger partial charge in [-0.2, -0.15) is 5.10 Å². The zero-order chi connectivity index (χ0) is 13.0. The highest BCUT2D eigenvalue weighted by Gasteiger charge is 2.26. The molecule has 2 N–H and O–H groups in total. The first kappa shape index (κ1) is 12.2. The molecule has 1 aliphatic carbocycles. The largest absolute Gasteiger partial charge is 0.345 e. The van der Waals surface area contributed by atoms with Crippen LogP contribution in [0.1, 0.15) is 25.3 Å². The molecule has 1 saturated carbocycles. The highest BCUT2D eigenvalue weighted by molar-refractivity contribution is 6.35. The Hall–Kier alpha value is -2.24. The molecule has 0 saturated heterocycles. The second kappa shape index (κ2) is 5.39. The molecule has 0 unspecified atom stereocenters. The molecule has 6 heteroatoms. The van der Waals surface area contributed by atoms with E-state index < -0.39 is 11.8 Å². The number of pyridine rings is 1. The molecule has 0 bridgehead atoms. The summed E-state index contributed by atoms with van der Waals surface area (Å²) in [4.78, 5) is 26.7. The molecule has 1 aliphatic rings. The summed E-state index contributed by atoms with van der Waals surface area (Å²) >= 11 is 0. The molecule has 6 nitrogen and oxygen atoms in total. The van der Waals surface area contributed by atoms with Gasteiger partial charge in [0.2, 0.25) is 0 Å². The Bertz CT molecular complexity index is 480. The second-order valence-corrected chi connectivity index (χ2v) is 4.13. The van der Waals surface area contributed by atoms with E-state index in [2.05, 4.69) is 20.8 Å².